The number of nitrogens with two attached hydrogens (primary N) is 1. The molecule has 100 valence electrons. The van der Waals surface area contributed by atoms with Crippen LogP contribution in [0.3, 0.4) is 0 Å². The minimum absolute atomic E-state index is 0.0873. The van der Waals surface area contributed by atoms with E-state index in [-0.39, 0.29) is 11.8 Å². The van der Waals surface area contributed by atoms with Crippen molar-refractivity contribution in [2.75, 3.05) is 6.54 Å². The lowest BCUT2D eigenvalue weighted by Crippen LogP contribution is -2.37. The third kappa shape index (κ3) is 3.32. The maximum atomic E-state index is 12.0. The van der Waals surface area contributed by atoms with Crippen molar-refractivity contribution in [3.05, 3.63) is 18.0 Å². The summed E-state index contributed by atoms with van der Waals surface area (Å²) in [4.78, 5) is 12.0. The van der Waals surface area contributed by atoms with E-state index in [1.807, 2.05) is 10.7 Å². The second-order valence-electron chi connectivity index (χ2n) is 4.97. The summed E-state index contributed by atoms with van der Waals surface area (Å²) < 4.78 is 1.97. The van der Waals surface area contributed by atoms with Gasteiger partial charge in [0.2, 0.25) is 5.91 Å². The van der Waals surface area contributed by atoms with E-state index in [2.05, 4.69) is 17.3 Å². The fourth-order valence-electron chi connectivity index (χ4n) is 2.03. The van der Waals surface area contributed by atoms with E-state index >= 15 is 0 Å². The van der Waals surface area contributed by atoms with Crippen molar-refractivity contribution >= 4 is 5.91 Å². The summed E-state index contributed by atoms with van der Waals surface area (Å²) in [5, 5.41) is 7.29. The molecule has 1 atom stereocenters. The van der Waals surface area contributed by atoms with Crippen LogP contribution in [0.4, 0.5) is 0 Å². The molecule has 1 amide bonds. The Morgan fingerprint density at radius 2 is 2.44 bits per heavy atom. The number of nitrogens with zero attached hydrogens (tertiary/aromatic N) is 2. The highest BCUT2D eigenvalue weighted by Crippen LogP contribution is 2.19. The van der Waals surface area contributed by atoms with Gasteiger partial charge in [0.25, 0.3) is 0 Å². The predicted octanol–water partition coefficient (Wildman–Crippen LogP) is 0.689. The highest BCUT2D eigenvalue weighted by Gasteiger charge is 2.27. The maximum Gasteiger partial charge on any atom is 0.224 e. The molecule has 1 fully saturated rings. The molecule has 0 aromatic carbocycles. The van der Waals surface area contributed by atoms with Crippen molar-refractivity contribution in [1.82, 2.24) is 15.1 Å². The van der Waals surface area contributed by atoms with Crippen molar-refractivity contribution in [3.8, 4) is 0 Å². The minimum atomic E-state index is -0.141. The predicted molar refractivity (Wildman–Crippen MR) is 69.9 cm³/mol. The summed E-state index contributed by atoms with van der Waals surface area (Å²) in [5.74, 6) is -0.0536. The second kappa shape index (κ2) is 6.00. The summed E-state index contributed by atoms with van der Waals surface area (Å²) in [5.41, 5.74) is 6.82. The van der Waals surface area contributed by atoms with E-state index in [0.29, 0.717) is 19.0 Å². The summed E-state index contributed by atoms with van der Waals surface area (Å²) in [6.45, 7) is 3.39. The molecule has 5 heteroatoms. The molecular formula is C13H22N4O. The molecule has 1 aromatic heterocycles. The van der Waals surface area contributed by atoms with Crippen LogP contribution in [-0.2, 0) is 17.8 Å². The first-order chi connectivity index (χ1) is 8.74. The lowest BCUT2D eigenvalue weighted by Gasteiger charge is -2.15. The maximum absolute atomic E-state index is 12.0. The van der Waals surface area contributed by atoms with Crippen LogP contribution in [-0.4, -0.2) is 28.3 Å². The van der Waals surface area contributed by atoms with Gasteiger partial charge >= 0.3 is 0 Å². The fraction of sp³-hybridized carbons (Fsp3) is 0.692. The Morgan fingerprint density at radius 3 is 3.06 bits per heavy atom. The van der Waals surface area contributed by atoms with Crippen molar-refractivity contribution in [2.45, 2.75) is 45.2 Å². The van der Waals surface area contributed by atoms with Gasteiger partial charge < -0.3 is 11.1 Å². The van der Waals surface area contributed by atoms with Crippen LogP contribution in [0.1, 0.15) is 31.9 Å². The van der Waals surface area contributed by atoms with Gasteiger partial charge in [0, 0.05) is 37.4 Å². The summed E-state index contributed by atoms with van der Waals surface area (Å²) in [6, 6.07) is 2.37. The van der Waals surface area contributed by atoms with Gasteiger partial charge in [-0.25, -0.2) is 0 Å². The zero-order valence-corrected chi connectivity index (χ0v) is 10.9. The summed E-state index contributed by atoms with van der Waals surface area (Å²) in [7, 11) is 0. The molecule has 1 aliphatic rings. The largest absolute Gasteiger partial charge is 0.353 e. The number of nitrogens with one attached hydrogen (secondary N) is 1. The normalized spacial score (nSPS) is 16.6. The van der Waals surface area contributed by atoms with Gasteiger partial charge in [-0.05, 0) is 25.3 Å². The highest BCUT2D eigenvalue weighted by molar-refractivity contribution is 5.79. The highest BCUT2D eigenvalue weighted by atomic mass is 16.2. The Bertz CT molecular complexity index is 397. The number of aryl methyl sites for hydroxylation is 1. The van der Waals surface area contributed by atoms with Crippen LogP contribution >= 0.6 is 0 Å². The molecule has 1 heterocycles. The Morgan fingerprint density at radius 1 is 1.67 bits per heavy atom. The smallest absolute Gasteiger partial charge is 0.224 e. The van der Waals surface area contributed by atoms with Crippen molar-refractivity contribution in [1.29, 1.82) is 0 Å². The minimum Gasteiger partial charge on any atom is -0.353 e. The molecular weight excluding hydrogens is 228 g/mol. The van der Waals surface area contributed by atoms with Crippen LogP contribution < -0.4 is 11.1 Å². The molecule has 0 aliphatic heterocycles. The molecule has 0 spiro atoms. The molecule has 0 saturated heterocycles. The zero-order valence-electron chi connectivity index (χ0n) is 10.9. The number of amides is 1. The monoisotopic (exact) mass is 250 g/mol. The van der Waals surface area contributed by atoms with Crippen LogP contribution in [0.5, 0.6) is 0 Å². The Hall–Kier alpha value is -1.36. The molecule has 0 radical (unpaired) electrons. The number of hydrogen-bond donors (Lipinski definition) is 2. The summed E-state index contributed by atoms with van der Waals surface area (Å²) >= 11 is 0. The van der Waals surface area contributed by atoms with Gasteiger partial charge in [0.05, 0.1) is 5.92 Å². The van der Waals surface area contributed by atoms with E-state index < -0.39 is 0 Å². The number of carbonyl (C=O) groups is 1. The van der Waals surface area contributed by atoms with Gasteiger partial charge in [0.1, 0.15) is 0 Å². The zero-order chi connectivity index (χ0) is 13.0. The molecule has 18 heavy (non-hydrogen) atoms. The third-order valence-corrected chi connectivity index (χ3v) is 3.27. The second-order valence-corrected chi connectivity index (χ2v) is 4.97. The van der Waals surface area contributed by atoms with E-state index in [1.54, 1.807) is 6.20 Å². The van der Waals surface area contributed by atoms with Crippen molar-refractivity contribution < 1.29 is 4.79 Å². The lowest BCUT2D eigenvalue weighted by molar-refractivity contribution is -0.124. The fourth-order valence-corrected chi connectivity index (χ4v) is 2.03. The van der Waals surface area contributed by atoms with Gasteiger partial charge in [0.15, 0.2) is 0 Å². The SMILES string of the molecule is CCCn1nccc1CC(CN)C(=O)NC1CC1. The van der Waals surface area contributed by atoms with Crippen LogP contribution in [0.2, 0.25) is 0 Å². The average Bonchev–Trinajstić information content (AvgIpc) is 3.06. The van der Waals surface area contributed by atoms with Gasteiger partial charge in [-0.2, -0.15) is 5.10 Å². The number of aromatic nitrogens is 2. The average molecular weight is 250 g/mol. The Labute approximate surface area is 108 Å². The van der Waals surface area contributed by atoms with Gasteiger partial charge in [-0.3, -0.25) is 9.48 Å². The van der Waals surface area contributed by atoms with E-state index in [9.17, 15) is 4.79 Å². The number of rotatable bonds is 7. The third-order valence-electron chi connectivity index (χ3n) is 3.27. The molecule has 1 aromatic rings. The first-order valence-corrected chi connectivity index (χ1v) is 6.75. The van der Waals surface area contributed by atoms with Crippen molar-refractivity contribution in [2.24, 2.45) is 11.7 Å². The molecule has 5 nitrogen and oxygen atoms in total. The molecule has 2 rings (SSSR count). The summed E-state index contributed by atoms with van der Waals surface area (Å²) in [6.07, 6.45) is 5.72. The van der Waals surface area contributed by atoms with E-state index in [1.165, 1.54) is 0 Å². The first kappa shape index (κ1) is 13.1. The van der Waals surface area contributed by atoms with E-state index in [0.717, 1.165) is 31.5 Å². The van der Waals surface area contributed by atoms with Crippen LogP contribution in [0.15, 0.2) is 12.3 Å². The number of carbonyl (C=O) groups excluding carboxylic acids is 1. The molecule has 1 unspecified atom stereocenters. The first-order valence-electron chi connectivity index (χ1n) is 6.75. The Balaban J connectivity index is 1.95. The standard InChI is InChI=1S/C13H22N4O/c1-2-7-17-12(5-6-15-17)8-10(9-14)13(18)16-11-3-4-11/h5-6,10-11H,2-4,7-9,14H2,1H3,(H,16,18). The Kier molecular flexibility index (Phi) is 4.36. The molecule has 3 N–H and O–H groups in total. The van der Waals surface area contributed by atoms with Crippen LogP contribution in [0, 0.1) is 5.92 Å². The quantitative estimate of drug-likeness (QED) is 0.747. The van der Waals surface area contributed by atoms with Crippen LogP contribution in [0.25, 0.3) is 0 Å². The van der Waals surface area contributed by atoms with Crippen molar-refractivity contribution in [3.63, 3.8) is 0 Å². The van der Waals surface area contributed by atoms with Gasteiger partial charge in [-0.1, -0.05) is 6.92 Å². The molecule has 1 saturated carbocycles. The number of hydrogen-bond acceptors (Lipinski definition) is 3. The van der Waals surface area contributed by atoms with Gasteiger partial charge in [-0.15, -0.1) is 0 Å². The molecule has 0 bridgehead atoms. The topological polar surface area (TPSA) is 72.9 Å². The lowest BCUT2D eigenvalue weighted by atomic mass is 10.0. The van der Waals surface area contributed by atoms with E-state index in [4.69, 9.17) is 5.73 Å². The molecule has 1 aliphatic carbocycles.